The molecule has 4 heterocycles. The molecule has 3 saturated heterocycles. The molecule has 9 nitrogen and oxygen atoms in total. The van der Waals surface area contributed by atoms with Crippen molar-refractivity contribution in [3.05, 3.63) is 88.6 Å². The van der Waals surface area contributed by atoms with Gasteiger partial charge in [-0.15, -0.1) is 0 Å². The molecule has 1 unspecified atom stereocenters. The number of pyridine rings is 1. The second-order valence-corrected chi connectivity index (χ2v) is 11.6. The lowest BCUT2D eigenvalue weighted by molar-refractivity contribution is 0.0493. The number of aromatic carboxylic acids is 1. The van der Waals surface area contributed by atoms with E-state index in [-0.39, 0.29) is 29.7 Å². The van der Waals surface area contributed by atoms with Gasteiger partial charge in [0.15, 0.2) is 0 Å². The summed E-state index contributed by atoms with van der Waals surface area (Å²) in [5, 5.41) is 9.75. The Morgan fingerprint density at radius 2 is 1.76 bits per heavy atom. The summed E-state index contributed by atoms with van der Waals surface area (Å²) in [6.45, 7) is 4.65. The van der Waals surface area contributed by atoms with E-state index >= 15 is 0 Å². The van der Waals surface area contributed by atoms with Gasteiger partial charge in [0.2, 0.25) is 5.88 Å². The van der Waals surface area contributed by atoms with E-state index in [4.69, 9.17) is 26.2 Å². The second kappa shape index (κ2) is 12.7. The third kappa shape index (κ3) is 6.38. The Kier molecular flexibility index (Phi) is 8.60. The molecule has 0 aliphatic carbocycles. The summed E-state index contributed by atoms with van der Waals surface area (Å²) >= 11 is 6.37. The van der Waals surface area contributed by atoms with Gasteiger partial charge in [-0.25, -0.2) is 14.6 Å². The quantitative estimate of drug-likeness (QED) is 0.352. The topological polar surface area (TPSA) is 95.4 Å². The van der Waals surface area contributed by atoms with Crippen LogP contribution >= 0.6 is 11.6 Å². The molecule has 10 heteroatoms. The van der Waals surface area contributed by atoms with Crippen molar-refractivity contribution in [3.8, 4) is 11.6 Å². The van der Waals surface area contributed by atoms with E-state index in [2.05, 4.69) is 25.8 Å². The Bertz CT molecular complexity index is 1390. The van der Waals surface area contributed by atoms with Crippen LogP contribution in [0.5, 0.6) is 11.6 Å². The number of nitrogens with zero attached hydrogens (tertiary/aromatic N) is 4. The molecule has 3 fully saturated rings. The van der Waals surface area contributed by atoms with Gasteiger partial charge in [0, 0.05) is 68.8 Å². The van der Waals surface area contributed by atoms with Crippen molar-refractivity contribution in [1.29, 1.82) is 0 Å². The Morgan fingerprint density at radius 1 is 1.00 bits per heavy atom. The Morgan fingerprint density at radius 3 is 2.43 bits per heavy atom. The molecule has 220 valence electrons. The van der Waals surface area contributed by atoms with E-state index in [0.29, 0.717) is 36.4 Å². The highest BCUT2D eigenvalue weighted by Gasteiger charge is 2.45. The van der Waals surface area contributed by atoms with E-state index in [0.717, 1.165) is 56.4 Å². The standard InChI is InChI=1S/C32H35ClN4O5/c33-25-3-1-2-24(18-25)29-21-36(26-12-16-41-17-13-26)32(40)37(29)27-10-14-35(15-11-27)20-22-4-9-30(34-19-22)42-28-7-5-23(6-8-28)31(38)39/h1-9,18-19,26-27,29H,10-17,20-21H2,(H,38,39). The van der Waals surface area contributed by atoms with Gasteiger partial charge >= 0.3 is 12.0 Å². The van der Waals surface area contributed by atoms with Crippen LogP contribution in [-0.4, -0.2) is 81.7 Å². The molecule has 0 saturated carbocycles. The van der Waals surface area contributed by atoms with Gasteiger partial charge < -0.3 is 24.4 Å². The monoisotopic (exact) mass is 590 g/mol. The highest BCUT2D eigenvalue weighted by Crippen LogP contribution is 2.37. The molecule has 3 aliphatic heterocycles. The van der Waals surface area contributed by atoms with Crippen molar-refractivity contribution in [2.24, 2.45) is 0 Å². The molecular weight excluding hydrogens is 556 g/mol. The zero-order valence-corrected chi connectivity index (χ0v) is 24.2. The Balaban J connectivity index is 1.07. The first-order valence-electron chi connectivity index (χ1n) is 14.6. The lowest BCUT2D eigenvalue weighted by Gasteiger charge is -2.39. The van der Waals surface area contributed by atoms with Crippen molar-refractivity contribution in [2.45, 2.75) is 50.4 Å². The van der Waals surface area contributed by atoms with E-state index in [1.165, 1.54) is 12.1 Å². The maximum Gasteiger partial charge on any atom is 0.335 e. The molecule has 1 N–H and O–H groups in total. The number of urea groups is 1. The Labute approximate surface area is 250 Å². The molecule has 3 aromatic rings. The Hall–Kier alpha value is -3.66. The van der Waals surface area contributed by atoms with E-state index in [1.54, 1.807) is 12.1 Å². The molecule has 42 heavy (non-hydrogen) atoms. The minimum absolute atomic E-state index is 0.00679. The van der Waals surface area contributed by atoms with Crippen molar-refractivity contribution in [2.75, 3.05) is 32.8 Å². The van der Waals surface area contributed by atoms with Crippen LogP contribution in [0.4, 0.5) is 4.79 Å². The largest absolute Gasteiger partial charge is 0.478 e. The molecule has 2 amide bonds. The SMILES string of the molecule is O=C(O)c1ccc(Oc2ccc(CN3CCC(N4C(=O)N(C5CCOCC5)CC4c4cccc(Cl)c4)CC3)cn2)cc1. The van der Waals surface area contributed by atoms with E-state index < -0.39 is 5.97 Å². The summed E-state index contributed by atoms with van der Waals surface area (Å²) in [6.07, 6.45) is 5.40. The van der Waals surface area contributed by atoms with Crippen LogP contribution in [0, 0.1) is 0 Å². The third-order valence-electron chi connectivity index (χ3n) is 8.52. The average molecular weight is 591 g/mol. The molecule has 0 bridgehead atoms. The number of halogens is 1. The highest BCUT2D eigenvalue weighted by atomic mass is 35.5. The predicted molar refractivity (Wildman–Crippen MR) is 158 cm³/mol. The lowest BCUT2D eigenvalue weighted by Crippen LogP contribution is -2.48. The summed E-state index contributed by atoms with van der Waals surface area (Å²) in [7, 11) is 0. The number of carboxylic acids is 1. The van der Waals surface area contributed by atoms with Crippen LogP contribution in [0.1, 0.15) is 53.2 Å². The van der Waals surface area contributed by atoms with E-state index in [1.807, 2.05) is 36.5 Å². The van der Waals surface area contributed by atoms with Crippen LogP contribution in [-0.2, 0) is 11.3 Å². The zero-order valence-electron chi connectivity index (χ0n) is 23.4. The molecule has 1 aromatic heterocycles. The van der Waals surface area contributed by atoms with Crippen molar-refractivity contribution >= 4 is 23.6 Å². The fraction of sp³-hybridized carbons (Fsp3) is 0.406. The molecule has 0 radical (unpaired) electrons. The second-order valence-electron chi connectivity index (χ2n) is 11.2. The molecule has 1 atom stereocenters. The minimum Gasteiger partial charge on any atom is -0.478 e. The number of ether oxygens (including phenoxy) is 2. The van der Waals surface area contributed by atoms with E-state index in [9.17, 15) is 9.59 Å². The van der Waals surface area contributed by atoms with Crippen molar-refractivity contribution in [1.82, 2.24) is 19.7 Å². The molecule has 0 spiro atoms. The number of benzene rings is 2. The third-order valence-corrected chi connectivity index (χ3v) is 8.75. The number of amides is 2. The summed E-state index contributed by atoms with van der Waals surface area (Å²) in [5.74, 6) is 0.0115. The first-order chi connectivity index (χ1) is 20.4. The molecular formula is C32H35ClN4O5. The first kappa shape index (κ1) is 28.5. The van der Waals surface area contributed by atoms with Crippen molar-refractivity contribution < 1.29 is 24.2 Å². The number of hydrogen-bond acceptors (Lipinski definition) is 6. The fourth-order valence-electron chi connectivity index (χ4n) is 6.29. The van der Waals surface area contributed by atoms with Crippen molar-refractivity contribution in [3.63, 3.8) is 0 Å². The van der Waals surface area contributed by atoms with Gasteiger partial charge in [-0.1, -0.05) is 29.8 Å². The minimum atomic E-state index is -0.974. The number of carbonyl (C=O) groups is 2. The fourth-order valence-corrected chi connectivity index (χ4v) is 6.49. The summed E-state index contributed by atoms with van der Waals surface area (Å²) in [6, 6.07) is 18.6. The number of likely N-dealkylation sites (tertiary alicyclic amines) is 1. The van der Waals surface area contributed by atoms with Gasteiger partial charge in [-0.2, -0.15) is 0 Å². The molecule has 2 aromatic carbocycles. The summed E-state index contributed by atoms with van der Waals surface area (Å²) < 4.78 is 11.3. The first-order valence-corrected chi connectivity index (χ1v) is 14.9. The number of carboxylic acid groups (broad SMARTS) is 1. The lowest BCUT2D eigenvalue weighted by atomic mass is 9.98. The average Bonchev–Trinajstić information content (AvgIpc) is 3.36. The van der Waals surface area contributed by atoms with Gasteiger partial charge in [-0.05, 0) is 73.2 Å². The zero-order chi connectivity index (χ0) is 29.1. The summed E-state index contributed by atoms with van der Waals surface area (Å²) in [4.78, 5) is 36.0. The highest BCUT2D eigenvalue weighted by molar-refractivity contribution is 6.30. The molecule has 6 rings (SSSR count). The normalized spacial score (nSPS) is 20.7. The summed E-state index contributed by atoms with van der Waals surface area (Å²) in [5.41, 5.74) is 2.39. The number of piperidine rings is 1. The van der Waals surface area contributed by atoms with Gasteiger partial charge in [0.25, 0.3) is 0 Å². The van der Waals surface area contributed by atoms with Crippen LogP contribution in [0.3, 0.4) is 0 Å². The van der Waals surface area contributed by atoms with Crippen LogP contribution in [0.15, 0.2) is 66.9 Å². The molecule has 3 aliphatic rings. The van der Waals surface area contributed by atoms with Gasteiger partial charge in [-0.3, -0.25) is 4.90 Å². The maximum atomic E-state index is 13.9. The number of hydrogen-bond donors (Lipinski definition) is 1. The number of rotatable bonds is 8. The van der Waals surface area contributed by atoms with Crippen LogP contribution in [0.25, 0.3) is 0 Å². The number of aromatic nitrogens is 1. The smallest absolute Gasteiger partial charge is 0.335 e. The van der Waals surface area contributed by atoms with Crippen LogP contribution in [0.2, 0.25) is 5.02 Å². The maximum absolute atomic E-state index is 13.9. The van der Waals surface area contributed by atoms with Gasteiger partial charge in [0.05, 0.1) is 11.6 Å². The number of carbonyl (C=O) groups excluding carboxylic acids is 1. The van der Waals surface area contributed by atoms with Crippen LogP contribution < -0.4 is 4.74 Å². The van der Waals surface area contributed by atoms with Gasteiger partial charge in [0.1, 0.15) is 5.75 Å². The predicted octanol–water partition coefficient (Wildman–Crippen LogP) is 5.85.